The van der Waals surface area contributed by atoms with Gasteiger partial charge < -0.3 is 5.73 Å². The van der Waals surface area contributed by atoms with E-state index >= 15 is 0 Å². The van der Waals surface area contributed by atoms with Crippen LogP contribution in [-0.2, 0) is 10.1 Å². The Labute approximate surface area is 71.2 Å². The van der Waals surface area contributed by atoms with Gasteiger partial charge in [0.2, 0.25) is 0 Å². The van der Waals surface area contributed by atoms with Gasteiger partial charge in [-0.2, -0.15) is 8.42 Å². The normalized spacial score (nSPS) is 11.5. The number of nitrogens with two attached hydrogens (primary N) is 1. The molecule has 0 atom stereocenters. The lowest BCUT2D eigenvalue weighted by molar-refractivity contribution is 0.479. The first-order valence-electron chi connectivity index (χ1n) is 2.92. The smallest absolute Gasteiger partial charge is 0.326 e. The van der Waals surface area contributed by atoms with E-state index < -0.39 is 32.1 Å². The molecule has 0 saturated heterocycles. The van der Waals surface area contributed by atoms with E-state index in [0.29, 0.717) is 0 Å². The molecule has 8 nitrogen and oxygen atoms in total. The Morgan fingerprint density at radius 3 is 2.23 bits per heavy atom. The van der Waals surface area contributed by atoms with Crippen LogP contribution in [0.25, 0.3) is 0 Å². The van der Waals surface area contributed by atoms with Crippen molar-refractivity contribution >= 4 is 15.8 Å². The molecule has 1 aromatic heterocycles. The number of anilines is 1. The largest absolute Gasteiger partial charge is 0.392 e. The third kappa shape index (κ3) is 1.76. The van der Waals surface area contributed by atoms with E-state index in [2.05, 4.69) is 0 Å². The number of nitrogen functional groups attached to an aromatic ring is 1. The van der Waals surface area contributed by atoms with E-state index in [1.807, 2.05) is 0 Å². The summed E-state index contributed by atoms with van der Waals surface area (Å²) in [5.74, 6) is 0. The molecule has 1 heterocycles. The minimum Gasteiger partial charge on any atom is -0.392 e. The molecule has 0 aromatic carbocycles. The first-order chi connectivity index (χ1) is 5.82. The van der Waals surface area contributed by atoms with Crippen LogP contribution in [-0.4, -0.2) is 22.9 Å². The molecule has 0 unspecified atom stereocenters. The van der Waals surface area contributed by atoms with Crippen LogP contribution < -0.4 is 17.0 Å². The fraction of sp³-hybridized carbons (Fsp3) is 0. The number of nitrogens with one attached hydrogen (secondary N) is 2. The van der Waals surface area contributed by atoms with Gasteiger partial charge in [-0.25, -0.2) is 4.79 Å². The number of hydrogen-bond acceptors (Lipinski definition) is 5. The van der Waals surface area contributed by atoms with Crippen LogP contribution in [0.2, 0.25) is 0 Å². The summed E-state index contributed by atoms with van der Waals surface area (Å²) in [7, 11) is -4.68. The van der Waals surface area contributed by atoms with Gasteiger partial charge in [-0.15, -0.1) is 0 Å². The molecule has 0 spiro atoms. The second-order valence-corrected chi connectivity index (χ2v) is 3.48. The highest BCUT2D eigenvalue weighted by Crippen LogP contribution is 2.05. The molecule has 0 aliphatic rings. The summed E-state index contributed by atoms with van der Waals surface area (Å²) >= 11 is 0. The van der Waals surface area contributed by atoms with Gasteiger partial charge in [0.25, 0.3) is 5.56 Å². The molecule has 1 aromatic rings. The van der Waals surface area contributed by atoms with Crippen molar-refractivity contribution in [3.8, 4) is 0 Å². The molecule has 0 amide bonds. The lowest BCUT2D eigenvalue weighted by Gasteiger charge is -1.98. The van der Waals surface area contributed by atoms with E-state index in [4.69, 9.17) is 10.3 Å². The molecule has 0 fully saturated rings. The number of aromatic nitrogens is 2. The van der Waals surface area contributed by atoms with Gasteiger partial charge in [0.15, 0.2) is 5.03 Å². The molecule has 0 aliphatic heterocycles. The lowest BCUT2D eigenvalue weighted by atomic mass is 10.5. The van der Waals surface area contributed by atoms with E-state index in [1.165, 1.54) is 0 Å². The number of rotatable bonds is 1. The summed E-state index contributed by atoms with van der Waals surface area (Å²) < 4.78 is 29.5. The van der Waals surface area contributed by atoms with Gasteiger partial charge in [-0.3, -0.25) is 19.3 Å². The Bertz CT molecular complexity index is 538. The third-order valence-electron chi connectivity index (χ3n) is 1.20. The lowest BCUT2D eigenvalue weighted by Crippen LogP contribution is -2.28. The average molecular weight is 207 g/mol. The van der Waals surface area contributed by atoms with Crippen molar-refractivity contribution < 1.29 is 13.0 Å². The number of hydrogen-bond donors (Lipinski definition) is 4. The van der Waals surface area contributed by atoms with Gasteiger partial charge in [-0.05, 0) is 0 Å². The molecule has 0 bridgehead atoms. The van der Waals surface area contributed by atoms with Crippen LogP contribution in [0.3, 0.4) is 0 Å². The second-order valence-electron chi connectivity index (χ2n) is 2.13. The van der Waals surface area contributed by atoms with Crippen LogP contribution in [0, 0.1) is 0 Å². The molecular formula is C4H5N3O5S. The Morgan fingerprint density at radius 2 is 1.77 bits per heavy atom. The maximum Gasteiger partial charge on any atom is 0.326 e. The maximum atomic E-state index is 10.7. The minimum absolute atomic E-state index is 0.762. The fourth-order valence-electron chi connectivity index (χ4n) is 0.679. The highest BCUT2D eigenvalue weighted by atomic mass is 32.2. The zero-order valence-corrected chi connectivity index (χ0v) is 6.88. The summed E-state index contributed by atoms with van der Waals surface area (Å²) in [6.07, 6.45) is 0. The van der Waals surface area contributed by atoms with Crippen LogP contribution in [0.1, 0.15) is 0 Å². The molecule has 13 heavy (non-hydrogen) atoms. The van der Waals surface area contributed by atoms with Gasteiger partial charge in [0, 0.05) is 0 Å². The van der Waals surface area contributed by atoms with E-state index in [0.717, 1.165) is 0 Å². The van der Waals surface area contributed by atoms with E-state index in [-0.39, 0.29) is 0 Å². The van der Waals surface area contributed by atoms with E-state index in [1.54, 1.807) is 9.97 Å². The zero-order valence-electron chi connectivity index (χ0n) is 6.07. The van der Waals surface area contributed by atoms with Crippen LogP contribution in [0.5, 0.6) is 0 Å². The van der Waals surface area contributed by atoms with Gasteiger partial charge in [-0.1, -0.05) is 0 Å². The topological polar surface area (TPSA) is 146 Å². The van der Waals surface area contributed by atoms with Crippen molar-refractivity contribution in [2.24, 2.45) is 0 Å². The fourth-order valence-corrected chi connectivity index (χ4v) is 1.27. The van der Waals surface area contributed by atoms with Crippen LogP contribution in [0.4, 0.5) is 5.69 Å². The summed E-state index contributed by atoms with van der Waals surface area (Å²) in [6, 6.07) is 0. The zero-order chi connectivity index (χ0) is 10.2. The van der Waals surface area contributed by atoms with Crippen molar-refractivity contribution in [1.82, 2.24) is 9.97 Å². The summed E-state index contributed by atoms with van der Waals surface area (Å²) in [4.78, 5) is 24.7. The molecule has 0 saturated carbocycles. The minimum atomic E-state index is -4.68. The third-order valence-corrected chi connectivity index (χ3v) is 2.04. The maximum absolute atomic E-state index is 10.7. The molecule has 0 aliphatic carbocycles. The quantitative estimate of drug-likeness (QED) is 0.306. The van der Waals surface area contributed by atoms with Crippen LogP contribution >= 0.6 is 0 Å². The predicted octanol–water partition coefficient (Wildman–Crippen LogP) is -2.11. The van der Waals surface area contributed by atoms with Gasteiger partial charge >= 0.3 is 15.8 Å². The van der Waals surface area contributed by atoms with Gasteiger partial charge in [0.05, 0.1) is 0 Å². The summed E-state index contributed by atoms with van der Waals surface area (Å²) in [5.41, 5.74) is 2.09. The number of H-pyrrole nitrogens is 2. The first kappa shape index (κ1) is 9.48. The van der Waals surface area contributed by atoms with Crippen molar-refractivity contribution in [3.05, 3.63) is 20.8 Å². The summed E-state index contributed by atoms with van der Waals surface area (Å²) in [5, 5.41) is -0.999. The van der Waals surface area contributed by atoms with E-state index in [9.17, 15) is 18.0 Å². The highest BCUT2D eigenvalue weighted by Gasteiger charge is 2.17. The molecule has 72 valence electrons. The Hall–Kier alpha value is -1.61. The first-order valence-corrected chi connectivity index (χ1v) is 4.36. The van der Waals surface area contributed by atoms with Crippen molar-refractivity contribution in [1.29, 1.82) is 0 Å². The SMILES string of the molecule is Nc1c(S(=O)(=O)O)[nH]c(=O)[nH]c1=O. The molecule has 0 radical (unpaired) electrons. The predicted molar refractivity (Wildman–Crippen MR) is 41.9 cm³/mol. The summed E-state index contributed by atoms with van der Waals surface area (Å²) in [6.45, 7) is 0. The van der Waals surface area contributed by atoms with Gasteiger partial charge in [0.1, 0.15) is 5.69 Å². The standard InChI is InChI=1S/C4H5N3O5S/c5-1-2(8)6-4(9)7-3(1)13(10,11)12/h5H2,(H,10,11,12)(H2,6,7,8,9). The Balaban J connectivity index is 3.76. The molecule has 9 heteroatoms. The second kappa shape index (κ2) is 2.71. The van der Waals surface area contributed by atoms with Crippen molar-refractivity contribution in [2.75, 3.05) is 5.73 Å². The van der Waals surface area contributed by atoms with Crippen molar-refractivity contribution in [2.45, 2.75) is 5.03 Å². The molecular weight excluding hydrogens is 202 g/mol. The highest BCUT2D eigenvalue weighted by molar-refractivity contribution is 7.85. The monoisotopic (exact) mass is 207 g/mol. The van der Waals surface area contributed by atoms with Crippen molar-refractivity contribution in [3.63, 3.8) is 0 Å². The van der Waals surface area contributed by atoms with Crippen LogP contribution in [0.15, 0.2) is 14.6 Å². The Kier molecular flexibility index (Phi) is 1.97. The Morgan fingerprint density at radius 1 is 1.23 bits per heavy atom. The number of aromatic amines is 2. The molecule has 1 rings (SSSR count). The molecule has 5 N–H and O–H groups in total. The average Bonchev–Trinajstić information content (AvgIpc) is 1.94.